The van der Waals surface area contributed by atoms with Gasteiger partial charge in [0.15, 0.2) is 0 Å². The molecule has 3 amide bonds. The maximum atomic E-state index is 13.6. The Morgan fingerprint density at radius 3 is 1.51 bits per heavy atom. The van der Waals surface area contributed by atoms with Crippen molar-refractivity contribution in [2.45, 2.75) is 101 Å². The molecule has 0 spiro atoms. The number of H-pyrrole nitrogens is 2. The van der Waals surface area contributed by atoms with E-state index in [-0.39, 0.29) is 41.8 Å². The zero-order valence-corrected chi connectivity index (χ0v) is 33.2. The molecule has 13 nitrogen and oxygen atoms in total. The monoisotopic (exact) mass is 776 g/mol. The van der Waals surface area contributed by atoms with Crippen LogP contribution in [0.15, 0.2) is 60.9 Å². The molecule has 4 fully saturated rings. The van der Waals surface area contributed by atoms with Gasteiger partial charge < -0.3 is 34.6 Å². The lowest BCUT2D eigenvalue weighted by molar-refractivity contribution is -0.138. The van der Waals surface area contributed by atoms with Gasteiger partial charge in [-0.2, -0.15) is 0 Å². The van der Waals surface area contributed by atoms with Crippen molar-refractivity contribution >= 4 is 17.9 Å². The Morgan fingerprint density at radius 2 is 1.07 bits per heavy atom. The van der Waals surface area contributed by atoms with Gasteiger partial charge in [-0.25, -0.2) is 14.8 Å². The Morgan fingerprint density at radius 1 is 0.632 bits per heavy atom. The Kier molecular flexibility index (Phi) is 12.0. The topological polar surface area (TPSA) is 158 Å². The number of benzene rings is 2. The lowest BCUT2D eigenvalue weighted by Gasteiger charge is -2.32. The summed E-state index contributed by atoms with van der Waals surface area (Å²) in [4.78, 5) is 59.6. The summed E-state index contributed by atoms with van der Waals surface area (Å²) in [6.45, 7) is 2.09. The normalized spacial score (nSPS) is 25.1. The van der Waals surface area contributed by atoms with Crippen LogP contribution in [-0.2, 0) is 19.1 Å². The van der Waals surface area contributed by atoms with E-state index in [4.69, 9.17) is 19.4 Å². The number of rotatable bonds is 11. The van der Waals surface area contributed by atoms with Gasteiger partial charge in [0.2, 0.25) is 11.8 Å². The molecule has 2 atom stereocenters. The number of ether oxygens (including phenoxy) is 2. The van der Waals surface area contributed by atoms with Crippen LogP contribution in [0, 0.1) is 11.8 Å². The SMILES string of the molecule is COCN[C@H]1CC[C@H](C(=O)N2CCC[C@H]2c2ncc(-c3ccc(-c4ccc(-c5cnc([C@@H]6CCCN6C(=O)[C@H]6CC[C@H](NC(=O)OC)CC6)[nH]5)cc4)cc3)[nH]2)CC1. The Hall–Kier alpha value is -5.01. The van der Waals surface area contributed by atoms with Crippen molar-refractivity contribution in [2.24, 2.45) is 11.8 Å². The van der Waals surface area contributed by atoms with Crippen molar-refractivity contribution < 1.29 is 23.9 Å². The summed E-state index contributed by atoms with van der Waals surface area (Å²) >= 11 is 0. The third-order valence-electron chi connectivity index (χ3n) is 12.8. The van der Waals surface area contributed by atoms with E-state index in [0.717, 1.165) is 135 Å². The van der Waals surface area contributed by atoms with Crippen LogP contribution in [0.5, 0.6) is 0 Å². The predicted octanol–water partition coefficient (Wildman–Crippen LogP) is 7.13. The lowest BCUT2D eigenvalue weighted by atomic mass is 9.85. The first-order valence-corrected chi connectivity index (χ1v) is 20.9. The number of alkyl carbamates (subject to hydrolysis) is 1. The fraction of sp³-hybridized carbons (Fsp3) is 0.523. The number of hydrogen-bond donors (Lipinski definition) is 4. The molecule has 0 bridgehead atoms. The van der Waals surface area contributed by atoms with Gasteiger partial charge in [-0.15, -0.1) is 0 Å². The molecular weight excluding hydrogens is 721 g/mol. The molecule has 2 aromatic carbocycles. The molecule has 4 aliphatic rings. The zero-order valence-electron chi connectivity index (χ0n) is 33.2. The fourth-order valence-corrected chi connectivity index (χ4v) is 9.54. The molecule has 4 aromatic rings. The van der Waals surface area contributed by atoms with Gasteiger partial charge in [0, 0.05) is 44.1 Å². The summed E-state index contributed by atoms with van der Waals surface area (Å²) in [7, 11) is 3.07. The van der Waals surface area contributed by atoms with E-state index in [1.165, 1.54) is 7.11 Å². The first-order chi connectivity index (χ1) is 27.9. The third kappa shape index (κ3) is 8.64. The average molecular weight is 777 g/mol. The lowest BCUT2D eigenvalue weighted by Crippen LogP contribution is -2.42. The van der Waals surface area contributed by atoms with Crippen LogP contribution >= 0.6 is 0 Å². The van der Waals surface area contributed by atoms with Gasteiger partial charge >= 0.3 is 6.09 Å². The van der Waals surface area contributed by atoms with Gasteiger partial charge in [-0.3, -0.25) is 14.9 Å². The second-order valence-corrected chi connectivity index (χ2v) is 16.3. The highest BCUT2D eigenvalue weighted by Gasteiger charge is 2.38. The number of carbonyl (C=O) groups excluding carboxylic acids is 3. The molecule has 0 unspecified atom stereocenters. The molecule has 8 rings (SSSR count). The number of nitrogens with zero attached hydrogens (tertiary/aromatic N) is 4. The minimum Gasteiger partial charge on any atom is -0.453 e. The predicted molar refractivity (Wildman–Crippen MR) is 216 cm³/mol. The highest BCUT2D eigenvalue weighted by atomic mass is 16.5. The Labute approximate surface area is 334 Å². The average Bonchev–Trinajstić information content (AvgIpc) is 4.10. The molecule has 2 saturated heterocycles. The molecule has 0 radical (unpaired) electrons. The molecule has 2 saturated carbocycles. The molecule has 13 heteroatoms. The van der Waals surface area contributed by atoms with Gasteiger partial charge in [0.25, 0.3) is 0 Å². The van der Waals surface area contributed by atoms with Crippen molar-refractivity contribution in [3.05, 3.63) is 72.6 Å². The molecule has 302 valence electrons. The quantitative estimate of drug-likeness (QED) is 0.117. The van der Waals surface area contributed by atoms with Crippen LogP contribution in [0.4, 0.5) is 4.79 Å². The number of aromatic nitrogens is 4. The molecule has 2 aromatic heterocycles. The maximum absolute atomic E-state index is 13.6. The summed E-state index contributed by atoms with van der Waals surface area (Å²) in [6.07, 6.45) is 14.0. The smallest absolute Gasteiger partial charge is 0.407 e. The minimum atomic E-state index is -0.412. The molecule has 2 aliphatic carbocycles. The summed E-state index contributed by atoms with van der Waals surface area (Å²) in [5.41, 5.74) is 6.21. The van der Waals surface area contributed by atoms with E-state index in [0.29, 0.717) is 12.8 Å². The number of amides is 3. The number of carbonyl (C=O) groups is 3. The number of nitrogens with one attached hydrogen (secondary N) is 4. The standard InChI is InChI=1S/C44H56N8O5/c1-56-27-47-34-19-15-32(16-20-34)42(53)51-23-3-5-38(51)40-45-25-36(49-40)30-11-7-28(8-12-30)29-9-13-31(14-10-29)37-26-46-41(50-37)39-6-4-24-52(39)43(54)33-17-21-35(22-18-33)48-44(55)57-2/h7-14,25-26,32-35,38-39,47H,3-6,15-24,27H2,1-2H3,(H,45,49)(H,46,50)(H,48,55)/t32-,33-,34-,35-,38-,39-/m0/s1. The van der Waals surface area contributed by atoms with Crippen molar-refractivity contribution in [1.82, 2.24) is 40.4 Å². The number of imidazole rings is 2. The summed E-state index contributed by atoms with van der Waals surface area (Å²) in [5, 5.41) is 6.29. The van der Waals surface area contributed by atoms with Gasteiger partial charge in [-0.1, -0.05) is 48.5 Å². The van der Waals surface area contributed by atoms with Gasteiger partial charge in [-0.05, 0) is 99.3 Å². The number of aromatic amines is 2. The zero-order chi connectivity index (χ0) is 39.3. The minimum absolute atomic E-state index is 0.00626. The van der Waals surface area contributed by atoms with Gasteiger partial charge in [0.1, 0.15) is 11.6 Å². The summed E-state index contributed by atoms with van der Waals surface area (Å²) in [6, 6.07) is 17.4. The van der Waals surface area contributed by atoms with E-state index in [2.05, 4.69) is 74.0 Å². The molecule has 57 heavy (non-hydrogen) atoms. The Bertz CT molecular complexity index is 1980. The fourth-order valence-electron chi connectivity index (χ4n) is 9.54. The second-order valence-electron chi connectivity index (χ2n) is 16.3. The van der Waals surface area contributed by atoms with E-state index in [1.807, 2.05) is 17.3 Å². The summed E-state index contributed by atoms with van der Waals surface area (Å²) in [5.74, 6) is 2.23. The van der Waals surface area contributed by atoms with Crippen LogP contribution in [-0.4, -0.2) is 93.8 Å². The molecule has 4 heterocycles. The van der Waals surface area contributed by atoms with Crippen LogP contribution < -0.4 is 10.6 Å². The molecular formula is C44H56N8O5. The maximum Gasteiger partial charge on any atom is 0.407 e. The third-order valence-corrected chi connectivity index (χ3v) is 12.8. The largest absolute Gasteiger partial charge is 0.453 e. The van der Waals surface area contributed by atoms with E-state index >= 15 is 0 Å². The first-order valence-electron chi connectivity index (χ1n) is 20.9. The Balaban J connectivity index is 0.861. The van der Waals surface area contributed by atoms with Crippen LogP contribution in [0.3, 0.4) is 0 Å². The van der Waals surface area contributed by atoms with E-state index in [1.54, 1.807) is 7.11 Å². The number of methoxy groups -OCH3 is 2. The van der Waals surface area contributed by atoms with Crippen molar-refractivity contribution in [3.8, 4) is 33.6 Å². The van der Waals surface area contributed by atoms with Crippen molar-refractivity contribution in [1.29, 1.82) is 0 Å². The van der Waals surface area contributed by atoms with Crippen molar-refractivity contribution in [2.75, 3.05) is 34.0 Å². The van der Waals surface area contributed by atoms with E-state index in [9.17, 15) is 14.4 Å². The van der Waals surface area contributed by atoms with Crippen molar-refractivity contribution in [3.63, 3.8) is 0 Å². The van der Waals surface area contributed by atoms with Crippen LogP contribution in [0.2, 0.25) is 0 Å². The van der Waals surface area contributed by atoms with Crippen LogP contribution in [0.1, 0.15) is 101 Å². The first kappa shape index (κ1) is 38.8. The highest BCUT2D eigenvalue weighted by Crippen LogP contribution is 2.38. The number of likely N-dealkylation sites (tertiary alicyclic amines) is 2. The van der Waals surface area contributed by atoms with Crippen LogP contribution in [0.25, 0.3) is 33.6 Å². The highest BCUT2D eigenvalue weighted by molar-refractivity contribution is 5.80. The van der Waals surface area contributed by atoms with E-state index < -0.39 is 6.09 Å². The van der Waals surface area contributed by atoms with Gasteiger partial charge in [0.05, 0.1) is 49.7 Å². The summed E-state index contributed by atoms with van der Waals surface area (Å²) < 4.78 is 9.91. The molecule has 2 aliphatic heterocycles. The second kappa shape index (κ2) is 17.6. The molecule has 4 N–H and O–H groups in total. The number of hydrogen-bond acceptors (Lipinski definition) is 8.